The Balaban J connectivity index is 6.20. The molecule has 12 amide bonds. The summed E-state index contributed by atoms with van der Waals surface area (Å²) in [7, 11) is 0. The molecule has 0 saturated heterocycles. The first-order chi connectivity index (χ1) is 36.9. The van der Waals surface area contributed by atoms with E-state index >= 15 is 0 Å². The molecule has 446 valence electrons. The predicted octanol–water partition coefficient (Wildman–Crippen LogP) is -11.4. The number of nitrogens with two attached hydrogens (primary N) is 7. The Morgan fingerprint density at radius 2 is 0.861 bits per heavy atom. The minimum absolute atomic E-state index is 0.0262. The second-order valence-corrected chi connectivity index (χ2v) is 18.8. The molecule has 0 aliphatic heterocycles. The smallest absolute Gasteiger partial charge is 0.245 e. The highest BCUT2D eigenvalue weighted by Crippen LogP contribution is 2.08. The first-order valence-corrected chi connectivity index (χ1v) is 25.7. The van der Waals surface area contributed by atoms with Gasteiger partial charge in [-0.25, -0.2) is 0 Å². The Morgan fingerprint density at radius 3 is 1.23 bits per heavy atom. The predicted molar refractivity (Wildman–Crippen MR) is 292 cm³/mol. The van der Waals surface area contributed by atoms with Gasteiger partial charge in [0.15, 0.2) is 11.9 Å². The lowest BCUT2D eigenvalue weighted by molar-refractivity contribution is -0.138. The number of nitrogens with one attached hydrogen (secondary N) is 10. The van der Waals surface area contributed by atoms with Crippen LogP contribution in [0.4, 0.5) is 0 Å². The van der Waals surface area contributed by atoms with E-state index in [-0.39, 0.29) is 62.2 Å². The molecule has 0 unspecified atom stereocenters. The van der Waals surface area contributed by atoms with Crippen LogP contribution < -0.4 is 93.3 Å². The van der Waals surface area contributed by atoms with E-state index in [9.17, 15) is 72.5 Å². The maximum absolute atomic E-state index is 13.7. The monoisotopic (exact) mass is 1180 g/mol. The molecule has 34 nitrogen and oxygen atoms in total. The number of rotatable bonds is 38. The zero-order chi connectivity index (χ0) is 60.7. The number of aliphatic hydroxyl groups is 2. The number of hydrogen-bond acceptors (Lipinski definition) is 20. The summed E-state index contributed by atoms with van der Waals surface area (Å²) >= 11 is 11.6. The van der Waals surface area contributed by atoms with Crippen LogP contribution in [0.5, 0.6) is 0 Å². The third kappa shape index (κ3) is 29.4. The third-order valence-corrected chi connectivity index (χ3v) is 11.6. The zero-order valence-corrected chi connectivity index (χ0v) is 46.2. The van der Waals surface area contributed by atoms with E-state index in [0.717, 1.165) is 6.92 Å². The fourth-order valence-electron chi connectivity index (χ4n) is 6.42. The second kappa shape index (κ2) is 37.6. The fourth-order valence-corrected chi connectivity index (χ4v) is 7.14. The minimum atomic E-state index is -1.97. The molecule has 0 rings (SSSR count). The molecule has 10 atom stereocenters. The lowest BCUT2D eigenvalue weighted by atomic mass is 10.0. The molecular weight excluding hydrogens is 1110 g/mol. The van der Waals surface area contributed by atoms with Crippen molar-refractivity contribution in [2.24, 2.45) is 56.0 Å². The highest BCUT2D eigenvalue weighted by atomic mass is 32.1. The van der Waals surface area contributed by atoms with Crippen molar-refractivity contribution in [3.63, 3.8) is 0 Å². The van der Waals surface area contributed by atoms with Crippen LogP contribution in [-0.2, 0) is 62.3 Å². The van der Waals surface area contributed by atoms with Gasteiger partial charge in [0.2, 0.25) is 76.0 Å². The first-order valence-electron chi connectivity index (χ1n) is 24.0. The van der Waals surface area contributed by atoms with Crippen molar-refractivity contribution in [2.45, 2.75) is 120 Å². The van der Waals surface area contributed by atoms with Crippen LogP contribution in [0, 0.1) is 5.92 Å². The van der Waals surface area contributed by atoms with Gasteiger partial charge < -0.3 is 104 Å². The number of carbonyl (C=O) groups is 13. The quantitative estimate of drug-likeness (QED) is 0.0118. The fraction of sp³-hybridized carbons (Fsp3) is 0.643. The van der Waals surface area contributed by atoms with E-state index in [4.69, 9.17) is 40.1 Å². The van der Waals surface area contributed by atoms with Crippen molar-refractivity contribution in [3.8, 4) is 0 Å². The average molecular weight is 1180 g/mol. The average Bonchev–Trinajstić information content (AvgIpc) is 3.36. The summed E-state index contributed by atoms with van der Waals surface area (Å²) in [5.74, 6) is -14.1. The Hall–Kier alpha value is -7.22. The lowest BCUT2D eigenvalue weighted by Crippen LogP contribution is -2.62. The van der Waals surface area contributed by atoms with Crippen molar-refractivity contribution in [2.75, 3.05) is 44.3 Å². The molecule has 0 aliphatic carbocycles. The molecule has 0 saturated carbocycles. The summed E-state index contributed by atoms with van der Waals surface area (Å²) in [5, 5.41) is 42.7. The molecule has 26 N–H and O–H groups in total. The summed E-state index contributed by atoms with van der Waals surface area (Å²) in [6.07, 6.45) is -3.33. The molecule has 0 aromatic rings. The summed E-state index contributed by atoms with van der Waals surface area (Å²) in [4.78, 5) is 175. The van der Waals surface area contributed by atoms with Gasteiger partial charge in [-0.05, 0) is 38.5 Å². The number of carbonyl (C=O) groups excluding carboxylic acids is 13. The van der Waals surface area contributed by atoms with Crippen LogP contribution >= 0.6 is 37.9 Å². The number of hydrogen-bond donors (Lipinski definition) is 22. The van der Waals surface area contributed by atoms with Crippen LogP contribution in [-0.4, -0.2) is 203 Å². The molecule has 0 fully saturated rings. The van der Waals surface area contributed by atoms with Gasteiger partial charge in [0.05, 0.1) is 44.7 Å². The summed E-state index contributed by atoms with van der Waals surface area (Å²) in [6, 6.07) is -13.8. The number of aliphatic hydroxyl groups excluding tert-OH is 2. The molecule has 0 radical (unpaired) electrons. The van der Waals surface area contributed by atoms with Crippen LogP contribution in [0.25, 0.3) is 0 Å². The molecule has 0 spiro atoms. The molecule has 0 bridgehead atoms. The number of primary amides is 2. The highest BCUT2D eigenvalue weighted by molar-refractivity contribution is 7.96. The van der Waals surface area contributed by atoms with Crippen molar-refractivity contribution < 1.29 is 72.5 Å². The normalized spacial score (nSPS) is 14.6. The van der Waals surface area contributed by atoms with Gasteiger partial charge in [-0.15, -0.1) is 12.6 Å². The Labute approximate surface area is 470 Å². The van der Waals surface area contributed by atoms with Gasteiger partial charge in [0.1, 0.15) is 48.3 Å². The van der Waals surface area contributed by atoms with Gasteiger partial charge in [0, 0.05) is 24.6 Å². The van der Waals surface area contributed by atoms with Crippen molar-refractivity contribution >= 4 is 126 Å². The Morgan fingerprint density at radius 1 is 0.481 bits per heavy atom. The largest absolute Gasteiger partial charge is 0.394 e. The summed E-state index contributed by atoms with van der Waals surface area (Å²) in [5.41, 5.74) is 37.6. The number of thiol groups is 3. The molecule has 37 heteroatoms. The lowest BCUT2D eigenvalue weighted by Gasteiger charge is -2.28. The minimum Gasteiger partial charge on any atom is -0.394 e. The van der Waals surface area contributed by atoms with Crippen molar-refractivity contribution in [1.29, 1.82) is 0 Å². The van der Waals surface area contributed by atoms with E-state index in [1.54, 1.807) is 0 Å². The standard InChI is InChI=1S/C42H75N19O15S3/c1-17(2)30(60-36(72)21(7-5-9-51-42(48)49)55-29(67)13-52-33(69)22(10-26(44)64)56-32(68)19(43)15-77)38(74)58-24(14-62)37(73)61-31(18(3)63)39(75)57-23(11-27(45)65)34(70)53-12-28(66)54-20(6-4-8-50-41(46)47)35(71)59-25(16-78)40(76)79/h17-25,30-31,62-63,77-78H,4-16,43H2,1-3H3,(H2,44,64)(H2,45,65)(H,52,69)(H,53,70)(H,54,66)(H,55,67)(H,56,68)(H,57,75)(H,58,74)(H,59,71)(H,60,72)(H,61,73)(H,76,79)(H4,46,47,50)(H4,48,49,51)/t18-,19+,20+,21+,22+,23+,24+,25+,30+,31+/m1/s1. The second-order valence-electron chi connectivity index (χ2n) is 17.6. The SMILES string of the molecule is CC(C)[C@H](NC(=O)[C@H](CCCN=C(N)N)NC(=O)CNC(=O)[C@H](CC(N)=O)NC(=O)[C@@H](N)CS)C(=O)N[C@@H](CO)C(=O)N[C@H](C(=O)N[C@@H](CC(N)=O)C(=O)NCC(=O)N[C@@H](CCCN=C(N)N)C(=O)N[C@@H](CS)C(=O)S)[C@@H](C)O. The first kappa shape index (κ1) is 71.8. The van der Waals surface area contributed by atoms with Crippen LogP contribution in [0.2, 0.25) is 0 Å². The molecule has 79 heavy (non-hydrogen) atoms. The topological polar surface area (TPSA) is 590 Å². The van der Waals surface area contributed by atoms with E-state index < -0.39 is 175 Å². The van der Waals surface area contributed by atoms with Gasteiger partial charge in [-0.1, -0.05) is 13.8 Å². The van der Waals surface area contributed by atoms with Crippen molar-refractivity contribution in [3.05, 3.63) is 0 Å². The Kier molecular flexibility index (Phi) is 34.1. The van der Waals surface area contributed by atoms with Crippen molar-refractivity contribution in [1.82, 2.24) is 53.2 Å². The third-order valence-electron chi connectivity index (χ3n) is 10.6. The van der Waals surface area contributed by atoms with E-state index in [1.807, 2.05) is 0 Å². The van der Waals surface area contributed by atoms with Gasteiger partial charge >= 0.3 is 0 Å². The molecule has 0 aromatic carbocycles. The van der Waals surface area contributed by atoms with Crippen LogP contribution in [0.3, 0.4) is 0 Å². The van der Waals surface area contributed by atoms with E-state index in [0.29, 0.717) is 0 Å². The zero-order valence-electron chi connectivity index (χ0n) is 43.5. The molecule has 0 aliphatic rings. The maximum Gasteiger partial charge on any atom is 0.245 e. The summed E-state index contributed by atoms with van der Waals surface area (Å²) < 4.78 is 0. The summed E-state index contributed by atoms with van der Waals surface area (Å²) in [6.45, 7) is 1.21. The number of nitrogens with zero attached hydrogens (tertiary/aromatic N) is 2. The number of aliphatic imine (C=N–C) groups is 2. The molecule has 0 aromatic heterocycles. The van der Waals surface area contributed by atoms with Crippen LogP contribution in [0.1, 0.15) is 59.3 Å². The Bertz CT molecular complexity index is 2220. The molecular formula is C42H75N19O15S3. The van der Waals surface area contributed by atoms with Crippen LogP contribution in [0.15, 0.2) is 9.98 Å². The van der Waals surface area contributed by atoms with Gasteiger partial charge in [-0.2, -0.15) is 25.3 Å². The van der Waals surface area contributed by atoms with Gasteiger partial charge in [0.25, 0.3) is 0 Å². The maximum atomic E-state index is 13.7. The highest BCUT2D eigenvalue weighted by Gasteiger charge is 2.36. The van der Waals surface area contributed by atoms with Gasteiger partial charge in [-0.3, -0.25) is 72.3 Å². The molecule has 0 heterocycles. The number of amides is 12. The van der Waals surface area contributed by atoms with E-state index in [2.05, 4.69) is 101 Å². The number of guanidine groups is 2. The van der Waals surface area contributed by atoms with E-state index in [1.165, 1.54) is 13.8 Å².